The molecule has 1 aliphatic heterocycles. The van der Waals surface area contributed by atoms with Crippen LogP contribution >= 0.6 is 0 Å². The molecule has 0 atom stereocenters. The van der Waals surface area contributed by atoms with E-state index < -0.39 is 6.09 Å². The van der Waals surface area contributed by atoms with Gasteiger partial charge in [0.1, 0.15) is 12.4 Å². The lowest BCUT2D eigenvalue weighted by Gasteiger charge is -2.13. The monoisotopic (exact) mass is 304 g/mol. The number of carbonyl (C=O) groups excluding carboxylic acids is 1. The highest BCUT2D eigenvalue weighted by atomic mass is 16.5. The minimum atomic E-state index is -0.495. The Morgan fingerprint density at radius 3 is 3.00 bits per heavy atom. The lowest BCUT2D eigenvalue weighted by atomic mass is 10.3. The molecule has 22 heavy (non-hydrogen) atoms. The van der Waals surface area contributed by atoms with Crippen LogP contribution in [0.25, 0.3) is 11.0 Å². The third-order valence-electron chi connectivity index (χ3n) is 3.75. The highest BCUT2D eigenvalue weighted by Gasteiger charge is 2.12. The van der Waals surface area contributed by atoms with Gasteiger partial charge in [0.05, 0.1) is 18.1 Å². The van der Waals surface area contributed by atoms with Gasteiger partial charge in [-0.2, -0.15) is 0 Å². The molecule has 2 heterocycles. The van der Waals surface area contributed by atoms with E-state index in [-0.39, 0.29) is 0 Å². The molecule has 1 saturated heterocycles. The number of fused-ring (bicyclic) bond motifs is 1. The number of aromatic amines is 1. The molecule has 7 nitrogen and oxygen atoms in total. The average molecular weight is 304 g/mol. The zero-order chi connectivity index (χ0) is 15.4. The Kier molecular flexibility index (Phi) is 4.43. The van der Waals surface area contributed by atoms with Gasteiger partial charge in [-0.3, -0.25) is 10.2 Å². The standard InChI is InChI=1S/C15H20N4O3/c1-21-11-4-5-12-13(10-11)17-14(16-12)18-15(20)22-9-8-19-6-2-3-7-19/h4-5,10H,2-3,6-9H2,1H3,(H2,16,17,18,20). The Balaban J connectivity index is 1.52. The summed E-state index contributed by atoms with van der Waals surface area (Å²) in [5, 5.41) is 2.61. The van der Waals surface area contributed by atoms with Gasteiger partial charge in [0.15, 0.2) is 0 Å². The number of amides is 1. The molecule has 0 unspecified atom stereocenters. The Hall–Kier alpha value is -2.28. The number of nitrogens with zero attached hydrogens (tertiary/aromatic N) is 2. The minimum Gasteiger partial charge on any atom is -0.497 e. The molecule has 1 amide bonds. The summed E-state index contributed by atoms with van der Waals surface area (Å²) in [4.78, 5) is 21.3. The number of likely N-dealkylation sites (tertiary alicyclic amines) is 1. The van der Waals surface area contributed by atoms with Crippen LogP contribution in [0.4, 0.5) is 10.7 Å². The van der Waals surface area contributed by atoms with E-state index in [4.69, 9.17) is 9.47 Å². The number of rotatable bonds is 5. The number of methoxy groups -OCH3 is 1. The number of carbonyl (C=O) groups is 1. The SMILES string of the molecule is COc1ccc2nc(NC(=O)OCCN3CCCC3)[nH]c2c1. The molecule has 1 aromatic carbocycles. The fraction of sp³-hybridized carbons (Fsp3) is 0.467. The highest BCUT2D eigenvalue weighted by molar-refractivity contribution is 5.86. The second-order valence-electron chi connectivity index (χ2n) is 5.28. The van der Waals surface area contributed by atoms with Crippen molar-refractivity contribution in [1.82, 2.24) is 14.9 Å². The van der Waals surface area contributed by atoms with Crippen LogP contribution in [0.2, 0.25) is 0 Å². The quantitative estimate of drug-likeness (QED) is 0.885. The van der Waals surface area contributed by atoms with Gasteiger partial charge in [-0.05, 0) is 38.1 Å². The lowest BCUT2D eigenvalue weighted by molar-refractivity contribution is 0.146. The third-order valence-corrected chi connectivity index (χ3v) is 3.75. The third kappa shape index (κ3) is 3.48. The summed E-state index contributed by atoms with van der Waals surface area (Å²) in [6, 6.07) is 5.47. The van der Waals surface area contributed by atoms with E-state index in [0.29, 0.717) is 12.6 Å². The second kappa shape index (κ2) is 6.65. The molecule has 118 valence electrons. The maximum atomic E-state index is 11.7. The minimum absolute atomic E-state index is 0.370. The van der Waals surface area contributed by atoms with Crippen molar-refractivity contribution < 1.29 is 14.3 Å². The molecule has 7 heteroatoms. The molecule has 0 aliphatic carbocycles. The summed E-state index contributed by atoms with van der Waals surface area (Å²) in [5.41, 5.74) is 1.56. The summed E-state index contributed by atoms with van der Waals surface area (Å²) >= 11 is 0. The van der Waals surface area contributed by atoms with Crippen molar-refractivity contribution in [2.45, 2.75) is 12.8 Å². The number of imidazole rings is 1. The van der Waals surface area contributed by atoms with Gasteiger partial charge >= 0.3 is 6.09 Å². The molecule has 0 bridgehead atoms. The second-order valence-corrected chi connectivity index (χ2v) is 5.28. The van der Waals surface area contributed by atoms with Crippen molar-refractivity contribution >= 4 is 23.1 Å². The first-order valence-corrected chi connectivity index (χ1v) is 7.44. The molecular weight excluding hydrogens is 284 g/mol. The summed E-state index contributed by atoms with van der Waals surface area (Å²) < 4.78 is 10.3. The van der Waals surface area contributed by atoms with Gasteiger partial charge in [0.2, 0.25) is 5.95 Å². The predicted molar refractivity (Wildman–Crippen MR) is 83.3 cm³/mol. The largest absolute Gasteiger partial charge is 0.497 e. The molecule has 1 fully saturated rings. The van der Waals surface area contributed by atoms with Crippen molar-refractivity contribution in [1.29, 1.82) is 0 Å². The van der Waals surface area contributed by atoms with Crippen LogP contribution in [0.1, 0.15) is 12.8 Å². The van der Waals surface area contributed by atoms with E-state index in [1.807, 2.05) is 18.2 Å². The van der Waals surface area contributed by atoms with Crippen LogP contribution in [0, 0.1) is 0 Å². The van der Waals surface area contributed by atoms with Crippen molar-refractivity contribution in [2.75, 3.05) is 38.7 Å². The Bertz CT molecular complexity index is 649. The van der Waals surface area contributed by atoms with Crippen molar-refractivity contribution in [3.05, 3.63) is 18.2 Å². The Labute approximate surface area is 128 Å². The predicted octanol–water partition coefficient (Wildman–Crippen LogP) is 2.22. The van der Waals surface area contributed by atoms with Crippen LogP contribution in [-0.2, 0) is 4.74 Å². The number of benzene rings is 1. The van der Waals surface area contributed by atoms with Crippen LogP contribution in [0.3, 0.4) is 0 Å². The van der Waals surface area contributed by atoms with E-state index in [2.05, 4.69) is 20.2 Å². The molecular formula is C15H20N4O3. The zero-order valence-electron chi connectivity index (χ0n) is 12.6. The maximum absolute atomic E-state index is 11.7. The van der Waals surface area contributed by atoms with Crippen LogP contribution in [0.15, 0.2) is 18.2 Å². The summed E-state index contributed by atoms with van der Waals surface area (Å²) in [6.45, 7) is 3.36. The molecule has 2 aromatic rings. The number of aromatic nitrogens is 2. The summed E-state index contributed by atoms with van der Waals surface area (Å²) in [7, 11) is 1.61. The van der Waals surface area contributed by atoms with E-state index >= 15 is 0 Å². The van der Waals surface area contributed by atoms with Crippen LogP contribution < -0.4 is 10.1 Å². The van der Waals surface area contributed by atoms with Crippen molar-refractivity contribution in [2.24, 2.45) is 0 Å². The smallest absolute Gasteiger partial charge is 0.414 e. The first kappa shape index (κ1) is 14.6. The number of hydrogen-bond acceptors (Lipinski definition) is 5. The molecule has 0 spiro atoms. The molecule has 0 saturated carbocycles. The van der Waals surface area contributed by atoms with Crippen LogP contribution in [0.5, 0.6) is 5.75 Å². The average Bonchev–Trinajstić information content (AvgIpc) is 3.15. The molecule has 3 rings (SSSR count). The first-order chi connectivity index (χ1) is 10.7. The first-order valence-electron chi connectivity index (χ1n) is 7.44. The number of anilines is 1. The lowest BCUT2D eigenvalue weighted by Crippen LogP contribution is -2.26. The number of nitrogens with one attached hydrogen (secondary N) is 2. The molecule has 0 radical (unpaired) electrons. The maximum Gasteiger partial charge on any atom is 0.414 e. The van der Waals surface area contributed by atoms with E-state index in [9.17, 15) is 4.79 Å². The fourth-order valence-corrected chi connectivity index (χ4v) is 2.58. The summed E-state index contributed by atoms with van der Waals surface area (Å²) in [6.07, 6.45) is 1.97. The molecule has 2 N–H and O–H groups in total. The van der Waals surface area contributed by atoms with Crippen molar-refractivity contribution in [3.8, 4) is 5.75 Å². The van der Waals surface area contributed by atoms with Gasteiger partial charge in [-0.15, -0.1) is 0 Å². The van der Waals surface area contributed by atoms with Gasteiger partial charge in [-0.25, -0.2) is 9.78 Å². The Morgan fingerprint density at radius 1 is 1.41 bits per heavy atom. The topological polar surface area (TPSA) is 79.5 Å². The van der Waals surface area contributed by atoms with Crippen molar-refractivity contribution in [3.63, 3.8) is 0 Å². The van der Waals surface area contributed by atoms with E-state index in [1.54, 1.807) is 7.11 Å². The highest BCUT2D eigenvalue weighted by Crippen LogP contribution is 2.20. The Morgan fingerprint density at radius 2 is 2.23 bits per heavy atom. The van der Waals surface area contributed by atoms with Gasteiger partial charge in [-0.1, -0.05) is 0 Å². The fourth-order valence-electron chi connectivity index (χ4n) is 2.58. The molecule has 1 aliphatic rings. The number of hydrogen-bond donors (Lipinski definition) is 2. The van der Waals surface area contributed by atoms with Gasteiger partial charge in [0, 0.05) is 12.6 Å². The van der Waals surface area contributed by atoms with E-state index in [0.717, 1.165) is 36.4 Å². The van der Waals surface area contributed by atoms with Gasteiger partial charge < -0.3 is 14.5 Å². The molecule has 1 aromatic heterocycles. The van der Waals surface area contributed by atoms with Gasteiger partial charge in [0.25, 0.3) is 0 Å². The number of ether oxygens (including phenoxy) is 2. The van der Waals surface area contributed by atoms with E-state index in [1.165, 1.54) is 12.8 Å². The number of H-pyrrole nitrogens is 1. The zero-order valence-corrected chi connectivity index (χ0v) is 12.6. The summed E-state index contributed by atoms with van der Waals surface area (Å²) in [5.74, 6) is 1.10. The van der Waals surface area contributed by atoms with Crippen LogP contribution in [-0.4, -0.2) is 54.3 Å². The normalized spacial score (nSPS) is 15.1.